The van der Waals surface area contributed by atoms with Crippen molar-refractivity contribution in [2.24, 2.45) is 0 Å². The number of nitrogens with one attached hydrogen (secondary N) is 2. The highest BCUT2D eigenvalue weighted by Gasteiger charge is 2.22. The van der Waals surface area contributed by atoms with Gasteiger partial charge < -0.3 is 20.4 Å². The van der Waals surface area contributed by atoms with Gasteiger partial charge in [-0.3, -0.25) is 4.79 Å². The Morgan fingerprint density at radius 2 is 1.88 bits per heavy atom. The van der Waals surface area contributed by atoms with Crippen LogP contribution in [0.2, 0.25) is 5.02 Å². The van der Waals surface area contributed by atoms with E-state index < -0.39 is 0 Å². The Balaban J connectivity index is 1.71. The molecule has 0 saturated carbocycles. The first-order valence-electron chi connectivity index (χ1n) is 8.83. The molecule has 0 aliphatic carbocycles. The minimum Gasteiger partial charge on any atom is -0.367 e. The molecule has 0 aromatic heterocycles. The minimum atomic E-state index is -0.116. The third kappa shape index (κ3) is 5.81. The van der Waals surface area contributed by atoms with E-state index in [2.05, 4.69) is 15.5 Å². The number of para-hydroxylation sites is 1. The van der Waals surface area contributed by atoms with Crippen LogP contribution >= 0.6 is 11.6 Å². The summed E-state index contributed by atoms with van der Waals surface area (Å²) in [5.41, 5.74) is 1.01. The minimum absolute atomic E-state index is 0.0295. The quantitative estimate of drug-likeness (QED) is 0.812. The molecular formula is C18H27ClN4O2. The number of amides is 3. The molecule has 0 radical (unpaired) electrons. The van der Waals surface area contributed by atoms with E-state index in [-0.39, 0.29) is 18.0 Å². The molecule has 0 bridgehead atoms. The first-order valence-corrected chi connectivity index (χ1v) is 9.20. The highest BCUT2D eigenvalue weighted by Crippen LogP contribution is 2.25. The number of urea groups is 1. The van der Waals surface area contributed by atoms with Crippen LogP contribution in [0.4, 0.5) is 10.5 Å². The van der Waals surface area contributed by atoms with Crippen LogP contribution in [0.1, 0.15) is 26.7 Å². The maximum atomic E-state index is 12.2. The van der Waals surface area contributed by atoms with Crippen molar-refractivity contribution in [1.29, 1.82) is 0 Å². The topological polar surface area (TPSA) is 64.7 Å². The summed E-state index contributed by atoms with van der Waals surface area (Å²) in [6.45, 7) is 7.10. The molecule has 1 unspecified atom stereocenters. The van der Waals surface area contributed by atoms with Crippen LogP contribution in [0.15, 0.2) is 24.3 Å². The lowest BCUT2D eigenvalue weighted by atomic mass is 10.2. The summed E-state index contributed by atoms with van der Waals surface area (Å²) in [7, 11) is 0. The van der Waals surface area contributed by atoms with Crippen LogP contribution in [-0.4, -0.2) is 55.6 Å². The van der Waals surface area contributed by atoms with Crippen LogP contribution in [0.25, 0.3) is 0 Å². The average Bonchev–Trinajstić information content (AvgIpc) is 2.62. The lowest BCUT2D eigenvalue weighted by Gasteiger charge is -2.36. The van der Waals surface area contributed by atoms with E-state index in [0.717, 1.165) is 30.2 Å². The lowest BCUT2D eigenvalue weighted by Crippen LogP contribution is -2.52. The van der Waals surface area contributed by atoms with Crippen molar-refractivity contribution in [2.75, 3.05) is 37.6 Å². The van der Waals surface area contributed by atoms with Gasteiger partial charge in [0.1, 0.15) is 0 Å². The van der Waals surface area contributed by atoms with Gasteiger partial charge in [0.25, 0.3) is 0 Å². The SMILES string of the molecule is CCC(C)NC(=O)CCNC(=O)N1CCN(c2ccccc2Cl)CC1. The zero-order valence-electron chi connectivity index (χ0n) is 14.9. The van der Waals surface area contributed by atoms with Crippen molar-refractivity contribution >= 4 is 29.2 Å². The van der Waals surface area contributed by atoms with Crippen molar-refractivity contribution in [1.82, 2.24) is 15.5 Å². The number of nitrogens with zero attached hydrogens (tertiary/aromatic N) is 2. The summed E-state index contributed by atoms with van der Waals surface area (Å²) in [5.74, 6) is -0.0295. The van der Waals surface area contributed by atoms with Gasteiger partial charge in [-0.15, -0.1) is 0 Å². The smallest absolute Gasteiger partial charge is 0.317 e. The number of carbonyl (C=O) groups excluding carboxylic acids is 2. The molecule has 2 rings (SSSR count). The van der Waals surface area contributed by atoms with Gasteiger partial charge in [-0.05, 0) is 25.5 Å². The molecule has 7 heteroatoms. The fraction of sp³-hybridized carbons (Fsp3) is 0.556. The Kier molecular flexibility index (Phi) is 7.37. The van der Waals surface area contributed by atoms with Crippen molar-refractivity contribution in [3.63, 3.8) is 0 Å². The van der Waals surface area contributed by atoms with Gasteiger partial charge in [0.2, 0.25) is 5.91 Å². The van der Waals surface area contributed by atoms with Crippen molar-refractivity contribution < 1.29 is 9.59 Å². The number of anilines is 1. The van der Waals surface area contributed by atoms with Crippen molar-refractivity contribution in [3.05, 3.63) is 29.3 Å². The largest absolute Gasteiger partial charge is 0.367 e. The number of halogens is 1. The highest BCUT2D eigenvalue weighted by atomic mass is 35.5. The van der Waals surface area contributed by atoms with Gasteiger partial charge in [-0.2, -0.15) is 0 Å². The maximum Gasteiger partial charge on any atom is 0.317 e. The third-order valence-corrected chi connectivity index (χ3v) is 4.73. The Hall–Kier alpha value is -1.95. The Labute approximate surface area is 154 Å². The van der Waals surface area contributed by atoms with E-state index in [1.807, 2.05) is 38.1 Å². The molecule has 138 valence electrons. The molecule has 1 aromatic carbocycles. The highest BCUT2D eigenvalue weighted by molar-refractivity contribution is 6.33. The number of carbonyl (C=O) groups is 2. The predicted octanol–water partition coefficient (Wildman–Crippen LogP) is 2.48. The number of piperazine rings is 1. The van der Waals surface area contributed by atoms with E-state index in [4.69, 9.17) is 11.6 Å². The van der Waals surface area contributed by atoms with Crippen molar-refractivity contribution in [3.8, 4) is 0 Å². The Morgan fingerprint density at radius 3 is 2.52 bits per heavy atom. The maximum absolute atomic E-state index is 12.2. The van der Waals surface area contributed by atoms with Crippen molar-refractivity contribution in [2.45, 2.75) is 32.7 Å². The van der Waals surface area contributed by atoms with Gasteiger partial charge in [0.15, 0.2) is 0 Å². The number of hydrogen-bond donors (Lipinski definition) is 2. The van der Waals surface area contributed by atoms with Gasteiger partial charge in [-0.25, -0.2) is 4.79 Å². The second kappa shape index (κ2) is 9.51. The molecule has 1 aliphatic heterocycles. The Morgan fingerprint density at radius 1 is 1.20 bits per heavy atom. The number of rotatable bonds is 6. The summed E-state index contributed by atoms with van der Waals surface area (Å²) < 4.78 is 0. The fourth-order valence-electron chi connectivity index (χ4n) is 2.70. The normalized spacial score (nSPS) is 15.6. The average molecular weight is 367 g/mol. The number of benzene rings is 1. The Bertz CT molecular complexity index is 588. The first-order chi connectivity index (χ1) is 12.0. The molecule has 1 aromatic rings. The summed E-state index contributed by atoms with van der Waals surface area (Å²) in [5, 5.41) is 6.44. The zero-order valence-corrected chi connectivity index (χ0v) is 15.7. The monoisotopic (exact) mass is 366 g/mol. The number of hydrogen-bond acceptors (Lipinski definition) is 3. The van der Waals surface area contributed by atoms with Crippen LogP contribution in [0.5, 0.6) is 0 Å². The molecule has 1 atom stereocenters. The molecule has 0 spiro atoms. The summed E-state index contributed by atoms with van der Waals surface area (Å²) in [6, 6.07) is 7.79. The summed E-state index contributed by atoms with van der Waals surface area (Å²) in [4.78, 5) is 27.9. The first kappa shape index (κ1) is 19.4. The second-order valence-corrected chi connectivity index (χ2v) is 6.69. The molecule has 1 heterocycles. The van der Waals surface area contributed by atoms with Crippen LogP contribution in [0.3, 0.4) is 0 Å². The zero-order chi connectivity index (χ0) is 18.2. The van der Waals surface area contributed by atoms with E-state index in [9.17, 15) is 9.59 Å². The lowest BCUT2D eigenvalue weighted by molar-refractivity contribution is -0.121. The second-order valence-electron chi connectivity index (χ2n) is 6.28. The summed E-state index contributed by atoms with van der Waals surface area (Å²) in [6.07, 6.45) is 1.20. The fourth-order valence-corrected chi connectivity index (χ4v) is 2.96. The van der Waals surface area contributed by atoms with E-state index in [1.165, 1.54) is 0 Å². The summed E-state index contributed by atoms with van der Waals surface area (Å²) >= 11 is 6.23. The molecular weight excluding hydrogens is 340 g/mol. The molecule has 3 amide bonds. The molecule has 1 saturated heterocycles. The molecule has 6 nitrogen and oxygen atoms in total. The van der Waals surface area contributed by atoms with Crippen LogP contribution in [0, 0.1) is 0 Å². The molecule has 2 N–H and O–H groups in total. The van der Waals surface area contributed by atoms with E-state index in [1.54, 1.807) is 4.90 Å². The predicted molar refractivity (Wildman–Crippen MR) is 101 cm³/mol. The molecule has 1 aliphatic rings. The van der Waals surface area contributed by atoms with Crippen LogP contribution < -0.4 is 15.5 Å². The van der Waals surface area contributed by atoms with E-state index >= 15 is 0 Å². The van der Waals surface area contributed by atoms with Gasteiger partial charge in [0, 0.05) is 45.2 Å². The standard InChI is InChI=1S/C18H27ClN4O2/c1-3-14(2)21-17(24)8-9-20-18(25)23-12-10-22(11-13-23)16-7-5-4-6-15(16)19/h4-7,14H,3,8-13H2,1-2H3,(H,20,25)(H,21,24). The van der Waals surface area contributed by atoms with Gasteiger partial charge in [0.05, 0.1) is 10.7 Å². The van der Waals surface area contributed by atoms with Crippen LogP contribution in [-0.2, 0) is 4.79 Å². The van der Waals surface area contributed by atoms with E-state index in [0.29, 0.717) is 26.1 Å². The van der Waals surface area contributed by atoms with Gasteiger partial charge >= 0.3 is 6.03 Å². The molecule has 1 fully saturated rings. The molecule has 25 heavy (non-hydrogen) atoms. The van der Waals surface area contributed by atoms with Gasteiger partial charge in [-0.1, -0.05) is 30.7 Å². The third-order valence-electron chi connectivity index (χ3n) is 4.41.